The van der Waals surface area contributed by atoms with E-state index < -0.39 is 0 Å². The van der Waals surface area contributed by atoms with E-state index in [4.69, 9.17) is 0 Å². The molecule has 33 heavy (non-hydrogen) atoms. The third-order valence-electron chi connectivity index (χ3n) is 5.70. The highest BCUT2D eigenvalue weighted by Gasteiger charge is 2.19. The predicted molar refractivity (Wildman–Crippen MR) is 134 cm³/mol. The minimum Gasteiger partial charge on any atom is -0.367 e. The van der Waals surface area contributed by atoms with Crippen LogP contribution in [0, 0.1) is 0 Å². The SMILES string of the molecule is CC(C)(C)NC(=O)c1ccccc1NC(=O)c1ccc(CN2CCCc3ccccc32)cc1. The van der Waals surface area contributed by atoms with Crippen LogP contribution in [0.1, 0.15) is 59.0 Å². The van der Waals surface area contributed by atoms with E-state index in [0.717, 1.165) is 31.5 Å². The van der Waals surface area contributed by atoms with Crippen LogP contribution in [0.15, 0.2) is 72.8 Å². The molecule has 0 fully saturated rings. The Balaban J connectivity index is 1.45. The molecule has 1 heterocycles. The average Bonchev–Trinajstić information content (AvgIpc) is 2.79. The second-order valence-electron chi connectivity index (χ2n) is 9.55. The number of para-hydroxylation sites is 2. The molecule has 4 rings (SSSR count). The summed E-state index contributed by atoms with van der Waals surface area (Å²) in [4.78, 5) is 27.9. The summed E-state index contributed by atoms with van der Waals surface area (Å²) in [6.07, 6.45) is 2.28. The molecule has 5 heteroatoms. The number of rotatable bonds is 5. The zero-order chi connectivity index (χ0) is 23.4. The second-order valence-corrected chi connectivity index (χ2v) is 9.55. The zero-order valence-corrected chi connectivity index (χ0v) is 19.5. The van der Waals surface area contributed by atoms with Gasteiger partial charge in [0, 0.05) is 29.9 Å². The molecule has 0 aliphatic carbocycles. The number of nitrogens with one attached hydrogen (secondary N) is 2. The van der Waals surface area contributed by atoms with Crippen molar-refractivity contribution in [3.05, 3.63) is 95.1 Å². The lowest BCUT2D eigenvalue weighted by atomic mass is 10.0. The van der Waals surface area contributed by atoms with Crippen LogP contribution in [-0.4, -0.2) is 23.9 Å². The van der Waals surface area contributed by atoms with Crippen molar-refractivity contribution in [1.82, 2.24) is 5.32 Å². The van der Waals surface area contributed by atoms with Crippen LogP contribution in [0.25, 0.3) is 0 Å². The number of hydrogen-bond donors (Lipinski definition) is 2. The van der Waals surface area contributed by atoms with Crippen LogP contribution >= 0.6 is 0 Å². The number of hydrogen-bond acceptors (Lipinski definition) is 3. The summed E-state index contributed by atoms with van der Waals surface area (Å²) in [7, 11) is 0. The molecule has 3 aromatic rings. The Kier molecular flexibility index (Phi) is 6.50. The highest BCUT2D eigenvalue weighted by atomic mass is 16.2. The Morgan fingerprint density at radius 2 is 1.58 bits per heavy atom. The van der Waals surface area contributed by atoms with Crippen LogP contribution < -0.4 is 15.5 Å². The Labute approximate surface area is 195 Å². The average molecular weight is 442 g/mol. The van der Waals surface area contributed by atoms with Crippen molar-refractivity contribution in [1.29, 1.82) is 0 Å². The maximum Gasteiger partial charge on any atom is 0.255 e. The van der Waals surface area contributed by atoms with Crippen molar-refractivity contribution in [3.8, 4) is 0 Å². The molecule has 0 radical (unpaired) electrons. The minimum absolute atomic E-state index is 0.212. The molecule has 0 bridgehead atoms. The zero-order valence-electron chi connectivity index (χ0n) is 19.5. The largest absolute Gasteiger partial charge is 0.367 e. The highest BCUT2D eigenvalue weighted by molar-refractivity contribution is 6.09. The summed E-state index contributed by atoms with van der Waals surface area (Å²) in [6, 6.07) is 23.3. The molecule has 1 aliphatic heterocycles. The van der Waals surface area contributed by atoms with Crippen molar-refractivity contribution < 1.29 is 9.59 Å². The lowest BCUT2D eigenvalue weighted by Crippen LogP contribution is -2.40. The number of fused-ring (bicyclic) bond motifs is 1. The Morgan fingerprint density at radius 3 is 2.33 bits per heavy atom. The monoisotopic (exact) mass is 441 g/mol. The Hall–Kier alpha value is -3.60. The van der Waals surface area contributed by atoms with E-state index in [-0.39, 0.29) is 17.4 Å². The van der Waals surface area contributed by atoms with Crippen LogP contribution in [0.3, 0.4) is 0 Å². The molecule has 0 aromatic heterocycles. The minimum atomic E-state index is -0.362. The summed E-state index contributed by atoms with van der Waals surface area (Å²) in [5.74, 6) is -0.448. The highest BCUT2D eigenvalue weighted by Crippen LogP contribution is 2.28. The van der Waals surface area contributed by atoms with Gasteiger partial charge in [0.05, 0.1) is 11.3 Å². The molecule has 2 N–H and O–H groups in total. The van der Waals surface area contributed by atoms with Gasteiger partial charge in [-0.05, 0) is 75.1 Å². The number of amides is 2. The first-order chi connectivity index (χ1) is 15.8. The summed E-state index contributed by atoms with van der Waals surface area (Å²) in [5.41, 5.74) is 5.00. The quantitative estimate of drug-likeness (QED) is 0.556. The van der Waals surface area contributed by atoms with Gasteiger partial charge in [0.15, 0.2) is 0 Å². The summed E-state index contributed by atoms with van der Waals surface area (Å²) in [5, 5.41) is 5.84. The van der Waals surface area contributed by atoms with Crippen LogP contribution in [-0.2, 0) is 13.0 Å². The van der Waals surface area contributed by atoms with Gasteiger partial charge < -0.3 is 15.5 Å². The summed E-state index contributed by atoms with van der Waals surface area (Å²) >= 11 is 0. The van der Waals surface area contributed by atoms with Crippen LogP contribution in [0.4, 0.5) is 11.4 Å². The number of anilines is 2. The predicted octanol–water partition coefficient (Wildman–Crippen LogP) is 5.42. The smallest absolute Gasteiger partial charge is 0.255 e. The normalized spacial score (nSPS) is 13.2. The fourth-order valence-electron chi connectivity index (χ4n) is 4.15. The van der Waals surface area contributed by atoms with Gasteiger partial charge in [-0.25, -0.2) is 0 Å². The number of nitrogens with zero attached hydrogens (tertiary/aromatic N) is 1. The van der Waals surface area contributed by atoms with Gasteiger partial charge in [-0.1, -0.05) is 42.5 Å². The van der Waals surface area contributed by atoms with E-state index in [1.807, 2.05) is 51.1 Å². The van der Waals surface area contributed by atoms with Gasteiger partial charge in [-0.2, -0.15) is 0 Å². The molecule has 3 aromatic carbocycles. The molecule has 0 unspecified atom stereocenters. The Bertz CT molecular complexity index is 1150. The molecule has 0 atom stereocenters. The maximum atomic E-state index is 12.9. The van der Waals surface area contributed by atoms with E-state index in [9.17, 15) is 9.59 Å². The van der Waals surface area contributed by atoms with Gasteiger partial charge in [0.25, 0.3) is 11.8 Å². The molecule has 0 saturated heterocycles. The standard InChI is InChI=1S/C28H31N3O2/c1-28(2,3)30-27(33)23-11-5-6-12-24(23)29-26(32)22-16-14-20(15-17-22)19-31-18-8-10-21-9-4-7-13-25(21)31/h4-7,9,11-17H,8,10,18-19H2,1-3H3,(H,29,32)(H,30,33). The fourth-order valence-corrected chi connectivity index (χ4v) is 4.15. The lowest BCUT2D eigenvalue weighted by Gasteiger charge is -2.31. The molecular weight excluding hydrogens is 410 g/mol. The maximum absolute atomic E-state index is 12.9. The molecule has 2 amide bonds. The third kappa shape index (κ3) is 5.61. The van der Waals surface area contributed by atoms with Gasteiger partial charge in [0.1, 0.15) is 0 Å². The molecule has 0 saturated carbocycles. The number of carbonyl (C=O) groups is 2. The molecular formula is C28H31N3O2. The van der Waals surface area contributed by atoms with Crippen molar-refractivity contribution in [2.75, 3.05) is 16.8 Å². The van der Waals surface area contributed by atoms with E-state index >= 15 is 0 Å². The molecule has 5 nitrogen and oxygen atoms in total. The number of benzene rings is 3. The van der Waals surface area contributed by atoms with Gasteiger partial charge in [-0.15, -0.1) is 0 Å². The van der Waals surface area contributed by atoms with Gasteiger partial charge >= 0.3 is 0 Å². The third-order valence-corrected chi connectivity index (χ3v) is 5.70. The number of carbonyl (C=O) groups excluding carboxylic acids is 2. The topological polar surface area (TPSA) is 61.4 Å². The van der Waals surface area contributed by atoms with Crippen molar-refractivity contribution in [3.63, 3.8) is 0 Å². The second kappa shape index (κ2) is 9.49. The van der Waals surface area contributed by atoms with Crippen molar-refractivity contribution in [2.45, 2.75) is 45.7 Å². The molecule has 1 aliphatic rings. The fraction of sp³-hybridized carbons (Fsp3) is 0.286. The first-order valence-electron chi connectivity index (χ1n) is 11.4. The lowest BCUT2D eigenvalue weighted by molar-refractivity contribution is 0.0920. The van der Waals surface area contributed by atoms with Crippen molar-refractivity contribution >= 4 is 23.2 Å². The van der Waals surface area contributed by atoms with E-state index in [2.05, 4.69) is 39.8 Å². The van der Waals surface area contributed by atoms with E-state index in [1.54, 1.807) is 18.2 Å². The van der Waals surface area contributed by atoms with Crippen molar-refractivity contribution in [2.24, 2.45) is 0 Å². The van der Waals surface area contributed by atoms with Gasteiger partial charge in [0.2, 0.25) is 0 Å². The number of aryl methyl sites for hydroxylation is 1. The molecule has 0 spiro atoms. The van der Waals surface area contributed by atoms with E-state index in [1.165, 1.54) is 11.3 Å². The summed E-state index contributed by atoms with van der Waals surface area (Å²) in [6.45, 7) is 7.63. The Morgan fingerprint density at radius 1 is 0.879 bits per heavy atom. The van der Waals surface area contributed by atoms with Gasteiger partial charge in [-0.3, -0.25) is 9.59 Å². The molecule has 170 valence electrons. The first kappa shape index (κ1) is 22.6. The van der Waals surface area contributed by atoms with E-state index in [0.29, 0.717) is 16.8 Å². The van der Waals surface area contributed by atoms with Crippen LogP contribution in [0.2, 0.25) is 0 Å². The van der Waals surface area contributed by atoms with Crippen LogP contribution in [0.5, 0.6) is 0 Å². The first-order valence-corrected chi connectivity index (χ1v) is 11.4. The summed E-state index contributed by atoms with van der Waals surface area (Å²) < 4.78 is 0.